The molecule has 0 aliphatic carbocycles. The fourth-order valence-electron chi connectivity index (χ4n) is 2.29. The molecular weight excluding hydrogens is 364 g/mol. The summed E-state index contributed by atoms with van der Waals surface area (Å²) in [6, 6.07) is 10.00. The minimum absolute atomic E-state index is 0.0354. The summed E-state index contributed by atoms with van der Waals surface area (Å²) < 4.78 is 55.0. The Kier molecular flexibility index (Phi) is 4.92. The number of nitrogens with one attached hydrogen (secondary N) is 1. The lowest BCUT2D eigenvalue weighted by molar-refractivity contribution is 0.0996. The number of ketones is 1. The highest BCUT2D eigenvalue weighted by atomic mass is 32.2. The van der Waals surface area contributed by atoms with E-state index in [9.17, 15) is 22.0 Å². The van der Waals surface area contributed by atoms with Crippen LogP contribution in [0.4, 0.5) is 8.78 Å². The van der Waals surface area contributed by atoms with E-state index >= 15 is 0 Å². The van der Waals surface area contributed by atoms with Gasteiger partial charge in [-0.2, -0.15) is 5.10 Å². The van der Waals surface area contributed by atoms with E-state index in [4.69, 9.17) is 0 Å². The molecule has 1 N–H and O–H groups in total. The molecular formula is C17H13F2N3O3S. The van der Waals surface area contributed by atoms with Crippen LogP contribution in [-0.4, -0.2) is 30.5 Å². The van der Waals surface area contributed by atoms with Gasteiger partial charge in [-0.05, 0) is 36.4 Å². The first-order valence-corrected chi connectivity index (χ1v) is 8.93. The third-order valence-electron chi connectivity index (χ3n) is 3.52. The second-order valence-electron chi connectivity index (χ2n) is 5.33. The Balaban J connectivity index is 1.80. The number of carbonyl (C=O) groups excluding carboxylic acids is 1. The number of rotatable bonds is 6. The third kappa shape index (κ3) is 3.84. The Bertz CT molecular complexity index is 1050. The molecule has 0 radical (unpaired) electrons. The van der Waals surface area contributed by atoms with Gasteiger partial charge < -0.3 is 0 Å². The van der Waals surface area contributed by atoms with Gasteiger partial charge in [0.05, 0.1) is 12.2 Å². The van der Waals surface area contributed by atoms with Gasteiger partial charge in [0.2, 0.25) is 10.0 Å². The van der Waals surface area contributed by atoms with Gasteiger partial charge >= 0.3 is 0 Å². The summed E-state index contributed by atoms with van der Waals surface area (Å²) in [4.78, 5) is 11.7. The molecule has 0 aliphatic rings. The molecule has 2 aromatic carbocycles. The van der Waals surface area contributed by atoms with E-state index in [0.717, 1.165) is 18.2 Å². The molecule has 0 saturated carbocycles. The first-order valence-electron chi connectivity index (χ1n) is 7.45. The van der Waals surface area contributed by atoms with Crippen LogP contribution in [-0.2, 0) is 10.0 Å². The minimum atomic E-state index is -4.21. The maximum atomic E-state index is 13.8. The quantitative estimate of drug-likeness (QED) is 0.669. The highest BCUT2D eigenvalue weighted by Crippen LogP contribution is 2.15. The first kappa shape index (κ1) is 17.9. The molecule has 6 nitrogen and oxygen atoms in total. The van der Waals surface area contributed by atoms with Crippen molar-refractivity contribution < 1.29 is 22.0 Å². The van der Waals surface area contributed by atoms with Gasteiger partial charge in [-0.15, -0.1) is 0 Å². The minimum Gasteiger partial charge on any atom is -0.293 e. The van der Waals surface area contributed by atoms with Crippen molar-refractivity contribution in [1.29, 1.82) is 0 Å². The zero-order chi connectivity index (χ0) is 18.7. The third-order valence-corrected chi connectivity index (χ3v) is 4.96. The monoisotopic (exact) mass is 377 g/mol. The fourth-order valence-corrected chi connectivity index (χ4v) is 3.35. The second kappa shape index (κ2) is 7.14. The van der Waals surface area contributed by atoms with E-state index in [2.05, 4.69) is 5.10 Å². The number of aromatic nitrogens is 2. The van der Waals surface area contributed by atoms with Crippen LogP contribution in [0.25, 0.3) is 5.69 Å². The van der Waals surface area contributed by atoms with Crippen molar-refractivity contribution in [3.63, 3.8) is 0 Å². The molecule has 0 bridgehead atoms. The number of benzene rings is 2. The van der Waals surface area contributed by atoms with E-state index in [-0.39, 0.29) is 5.56 Å². The average molecular weight is 377 g/mol. The normalized spacial score (nSPS) is 11.5. The van der Waals surface area contributed by atoms with E-state index in [1.165, 1.54) is 35.1 Å². The molecule has 0 spiro atoms. The summed E-state index contributed by atoms with van der Waals surface area (Å²) in [6.07, 6.45) is 3.07. The number of hydrogen-bond acceptors (Lipinski definition) is 4. The molecule has 1 heterocycles. The standard InChI is InChI=1S/C17H13F2N3O3S/c18-13-8-12(9-14(10-13)22-7-3-6-20-22)16(23)11-21-26(24,25)17-5-2-1-4-15(17)19/h1-10,21H,11H2. The van der Waals surface area contributed by atoms with Crippen LogP contribution in [0, 0.1) is 11.6 Å². The van der Waals surface area contributed by atoms with Crippen molar-refractivity contribution in [2.24, 2.45) is 0 Å². The SMILES string of the molecule is O=C(CNS(=O)(=O)c1ccccc1F)c1cc(F)cc(-n2cccn2)c1. The smallest absolute Gasteiger partial charge is 0.243 e. The van der Waals surface area contributed by atoms with Crippen LogP contribution in [0.3, 0.4) is 0 Å². The molecule has 134 valence electrons. The first-order chi connectivity index (χ1) is 12.4. The summed E-state index contributed by atoms with van der Waals surface area (Å²) in [5, 5.41) is 3.95. The van der Waals surface area contributed by atoms with Crippen LogP contribution < -0.4 is 4.72 Å². The molecule has 0 amide bonds. The Morgan fingerprint density at radius 1 is 1.12 bits per heavy atom. The van der Waals surface area contributed by atoms with Crippen molar-refractivity contribution >= 4 is 15.8 Å². The van der Waals surface area contributed by atoms with Gasteiger partial charge in [-0.25, -0.2) is 26.6 Å². The summed E-state index contributed by atoms with van der Waals surface area (Å²) in [5.74, 6) is -2.27. The molecule has 1 aromatic heterocycles. The Morgan fingerprint density at radius 2 is 1.88 bits per heavy atom. The van der Waals surface area contributed by atoms with Crippen LogP contribution in [0.5, 0.6) is 0 Å². The van der Waals surface area contributed by atoms with Gasteiger partial charge in [0.1, 0.15) is 16.5 Å². The van der Waals surface area contributed by atoms with E-state index in [1.54, 1.807) is 12.3 Å². The topological polar surface area (TPSA) is 81.1 Å². The van der Waals surface area contributed by atoms with Crippen molar-refractivity contribution in [3.05, 3.63) is 78.1 Å². The van der Waals surface area contributed by atoms with Crippen LogP contribution in [0.15, 0.2) is 65.8 Å². The molecule has 0 fully saturated rings. The van der Waals surface area contributed by atoms with Crippen LogP contribution >= 0.6 is 0 Å². The van der Waals surface area contributed by atoms with Gasteiger partial charge in [0.15, 0.2) is 5.78 Å². The number of hydrogen-bond donors (Lipinski definition) is 1. The zero-order valence-electron chi connectivity index (χ0n) is 13.3. The molecule has 0 atom stereocenters. The van der Waals surface area contributed by atoms with Gasteiger partial charge in [0.25, 0.3) is 0 Å². The molecule has 0 saturated heterocycles. The van der Waals surface area contributed by atoms with E-state index < -0.39 is 38.9 Å². The van der Waals surface area contributed by atoms with Crippen molar-refractivity contribution in [3.8, 4) is 5.69 Å². The predicted octanol–water partition coefficient (Wildman–Crippen LogP) is 2.31. The maximum Gasteiger partial charge on any atom is 0.243 e. The second-order valence-corrected chi connectivity index (χ2v) is 7.06. The summed E-state index contributed by atoms with van der Waals surface area (Å²) in [7, 11) is -4.21. The van der Waals surface area contributed by atoms with E-state index in [0.29, 0.717) is 5.69 Å². The number of sulfonamides is 1. The molecule has 0 unspecified atom stereocenters. The number of Topliss-reactive ketones (excluding diaryl/α,β-unsaturated/α-hetero) is 1. The van der Waals surface area contributed by atoms with Crippen molar-refractivity contribution in [2.45, 2.75) is 4.90 Å². The molecule has 3 aromatic rings. The largest absolute Gasteiger partial charge is 0.293 e. The van der Waals surface area contributed by atoms with E-state index in [1.807, 2.05) is 4.72 Å². The molecule has 26 heavy (non-hydrogen) atoms. The van der Waals surface area contributed by atoms with Gasteiger partial charge in [-0.3, -0.25) is 4.79 Å². The number of halogens is 2. The highest BCUT2D eigenvalue weighted by Gasteiger charge is 2.20. The van der Waals surface area contributed by atoms with Crippen LogP contribution in [0.1, 0.15) is 10.4 Å². The summed E-state index contributed by atoms with van der Waals surface area (Å²) in [6.45, 7) is -0.640. The molecule has 0 aliphatic heterocycles. The summed E-state index contributed by atoms with van der Waals surface area (Å²) in [5.41, 5.74) is 0.280. The van der Waals surface area contributed by atoms with Crippen molar-refractivity contribution in [2.75, 3.05) is 6.54 Å². The lowest BCUT2D eigenvalue weighted by atomic mass is 10.1. The van der Waals surface area contributed by atoms with Gasteiger partial charge in [0, 0.05) is 18.0 Å². The lowest BCUT2D eigenvalue weighted by Gasteiger charge is -2.08. The number of carbonyl (C=O) groups is 1. The van der Waals surface area contributed by atoms with Crippen molar-refractivity contribution in [1.82, 2.24) is 14.5 Å². The highest BCUT2D eigenvalue weighted by molar-refractivity contribution is 7.89. The van der Waals surface area contributed by atoms with Gasteiger partial charge in [-0.1, -0.05) is 12.1 Å². The Morgan fingerprint density at radius 3 is 2.58 bits per heavy atom. The lowest BCUT2D eigenvalue weighted by Crippen LogP contribution is -2.30. The fraction of sp³-hybridized carbons (Fsp3) is 0.0588. The number of nitrogens with zero attached hydrogens (tertiary/aromatic N) is 2. The zero-order valence-corrected chi connectivity index (χ0v) is 14.1. The predicted molar refractivity (Wildman–Crippen MR) is 89.4 cm³/mol. The Hall–Kier alpha value is -2.91. The maximum absolute atomic E-state index is 13.8. The van der Waals surface area contributed by atoms with Crippen LogP contribution in [0.2, 0.25) is 0 Å². The summed E-state index contributed by atoms with van der Waals surface area (Å²) >= 11 is 0. The average Bonchev–Trinajstić information content (AvgIpc) is 3.14. The molecule has 3 rings (SSSR count). The Labute approximate surface area is 148 Å². The molecule has 9 heteroatoms.